The lowest BCUT2D eigenvalue weighted by Gasteiger charge is -2.23. The number of carbonyl (C=O) groups excluding carboxylic acids is 2. The summed E-state index contributed by atoms with van der Waals surface area (Å²) in [5, 5.41) is 2.25. The molecule has 8 nitrogen and oxygen atoms in total. The van der Waals surface area contributed by atoms with Crippen LogP contribution in [0.5, 0.6) is 0 Å². The van der Waals surface area contributed by atoms with E-state index in [1.54, 1.807) is 36.6 Å². The van der Waals surface area contributed by atoms with E-state index < -0.39 is 16.0 Å². The van der Waals surface area contributed by atoms with Crippen LogP contribution in [0.15, 0.2) is 64.9 Å². The third-order valence-corrected chi connectivity index (χ3v) is 7.62. The molecule has 0 unspecified atom stereocenters. The summed E-state index contributed by atoms with van der Waals surface area (Å²) in [6.45, 7) is 5.69. The molecule has 1 amide bonds. The maximum Gasteiger partial charge on any atom is 0.338 e. The van der Waals surface area contributed by atoms with Crippen LogP contribution in [0.2, 0.25) is 0 Å². The van der Waals surface area contributed by atoms with Crippen molar-refractivity contribution in [1.29, 1.82) is 0 Å². The Balaban J connectivity index is 1.75. The van der Waals surface area contributed by atoms with Gasteiger partial charge >= 0.3 is 5.97 Å². The van der Waals surface area contributed by atoms with E-state index in [1.807, 2.05) is 13.0 Å². The number of para-hydroxylation sites is 1. The number of anilines is 2. The van der Waals surface area contributed by atoms with Crippen LogP contribution >= 0.6 is 11.3 Å². The molecule has 1 aromatic heterocycles. The van der Waals surface area contributed by atoms with Gasteiger partial charge in [-0.1, -0.05) is 24.3 Å². The van der Waals surface area contributed by atoms with E-state index in [9.17, 15) is 18.0 Å². The number of sulfonamides is 1. The maximum absolute atomic E-state index is 13.2. The lowest BCUT2D eigenvalue weighted by atomic mass is 10.2. The molecule has 3 aromatic rings. The smallest absolute Gasteiger partial charge is 0.338 e. The summed E-state index contributed by atoms with van der Waals surface area (Å²) in [6, 6.07) is 14.5. The number of amides is 1. The zero-order chi connectivity index (χ0) is 24.0. The van der Waals surface area contributed by atoms with Crippen molar-refractivity contribution in [2.45, 2.75) is 32.3 Å². The second-order valence-corrected chi connectivity index (χ2v) is 9.69. The summed E-state index contributed by atoms with van der Waals surface area (Å²) in [5.41, 5.74) is 1.17. The highest BCUT2D eigenvalue weighted by Gasteiger charge is 2.24. The Morgan fingerprint density at radius 2 is 1.76 bits per heavy atom. The van der Waals surface area contributed by atoms with Crippen molar-refractivity contribution in [3.63, 3.8) is 0 Å². The molecular formula is C23H25N3O5S2. The molecule has 174 valence electrons. The fourth-order valence-corrected chi connectivity index (χ4v) is 5.64. The number of hydrogen-bond acceptors (Lipinski definition) is 7. The van der Waals surface area contributed by atoms with Crippen molar-refractivity contribution in [3.05, 3.63) is 71.2 Å². The minimum absolute atomic E-state index is 0.00126. The first-order valence-electron chi connectivity index (χ1n) is 10.3. The van der Waals surface area contributed by atoms with Gasteiger partial charge < -0.3 is 4.74 Å². The summed E-state index contributed by atoms with van der Waals surface area (Å²) in [7, 11) is -3.87. The van der Waals surface area contributed by atoms with Gasteiger partial charge in [0.2, 0.25) is 5.91 Å². The lowest BCUT2D eigenvalue weighted by molar-refractivity contribution is -0.116. The predicted octanol–water partition coefficient (Wildman–Crippen LogP) is 4.09. The van der Waals surface area contributed by atoms with E-state index in [2.05, 4.69) is 4.98 Å². The molecular weight excluding hydrogens is 462 g/mol. The summed E-state index contributed by atoms with van der Waals surface area (Å²) < 4.78 is 33.0. The number of thiazole rings is 1. The number of hydrogen-bond donors (Lipinski definition) is 0. The van der Waals surface area contributed by atoms with Crippen LogP contribution in [-0.4, -0.2) is 38.4 Å². The Morgan fingerprint density at radius 3 is 2.39 bits per heavy atom. The van der Waals surface area contributed by atoms with E-state index in [0.29, 0.717) is 23.1 Å². The van der Waals surface area contributed by atoms with Gasteiger partial charge in [-0.2, -0.15) is 0 Å². The summed E-state index contributed by atoms with van der Waals surface area (Å²) in [6.07, 6.45) is 0. The van der Waals surface area contributed by atoms with Gasteiger partial charge in [0.25, 0.3) is 10.0 Å². The third kappa shape index (κ3) is 5.58. The zero-order valence-electron chi connectivity index (χ0n) is 18.6. The fraction of sp³-hybridized carbons (Fsp3) is 0.261. The molecule has 0 aliphatic heterocycles. The quantitative estimate of drug-likeness (QED) is 0.422. The van der Waals surface area contributed by atoms with E-state index in [0.717, 1.165) is 0 Å². The van der Waals surface area contributed by atoms with E-state index in [-0.39, 0.29) is 29.5 Å². The number of aromatic nitrogens is 1. The first kappa shape index (κ1) is 24.4. The van der Waals surface area contributed by atoms with Gasteiger partial charge in [0, 0.05) is 25.4 Å². The second-order valence-electron chi connectivity index (χ2n) is 6.99. The minimum Gasteiger partial charge on any atom is -0.456 e. The predicted molar refractivity (Wildman–Crippen MR) is 128 cm³/mol. The molecule has 0 saturated carbocycles. The monoisotopic (exact) mass is 487 g/mol. The lowest BCUT2D eigenvalue weighted by Crippen LogP contribution is -2.30. The average molecular weight is 488 g/mol. The van der Waals surface area contributed by atoms with Gasteiger partial charge in [0.1, 0.15) is 6.61 Å². The molecule has 10 heteroatoms. The van der Waals surface area contributed by atoms with Crippen molar-refractivity contribution in [3.8, 4) is 0 Å². The van der Waals surface area contributed by atoms with Crippen LogP contribution in [0.4, 0.5) is 10.8 Å². The molecule has 0 radical (unpaired) electrons. The molecule has 0 atom stereocenters. The first-order valence-corrected chi connectivity index (χ1v) is 12.7. The van der Waals surface area contributed by atoms with Crippen LogP contribution in [0.1, 0.15) is 36.8 Å². The van der Waals surface area contributed by atoms with Crippen molar-refractivity contribution >= 4 is 44.1 Å². The molecule has 0 aliphatic carbocycles. The van der Waals surface area contributed by atoms with Crippen LogP contribution in [0, 0.1) is 0 Å². The van der Waals surface area contributed by atoms with Crippen molar-refractivity contribution in [1.82, 2.24) is 4.98 Å². The van der Waals surface area contributed by atoms with Crippen LogP contribution in [0.3, 0.4) is 0 Å². The van der Waals surface area contributed by atoms with E-state index >= 15 is 0 Å². The fourth-order valence-electron chi connectivity index (χ4n) is 3.20. The van der Waals surface area contributed by atoms with Gasteiger partial charge in [-0.3, -0.25) is 14.0 Å². The average Bonchev–Trinajstić information content (AvgIpc) is 3.27. The number of benzene rings is 2. The molecule has 1 heterocycles. The molecule has 2 aromatic carbocycles. The second kappa shape index (κ2) is 10.6. The largest absolute Gasteiger partial charge is 0.456 e. The Bertz CT molecular complexity index is 1230. The topological polar surface area (TPSA) is 96.9 Å². The zero-order valence-corrected chi connectivity index (χ0v) is 20.2. The highest BCUT2D eigenvalue weighted by atomic mass is 32.2. The van der Waals surface area contributed by atoms with Gasteiger partial charge in [0.05, 0.1) is 21.8 Å². The van der Waals surface area contributed by atoms with Crippen LogP contribution < -0.4 is 9.21 Å². The standard InChI is InChI=1S/C23H25N3O5S2/c1-4-25(17(3)27)23-24-19(16-32-23)15-31-22(28)18-10-9-13-21(14-18)33(29,30)26(5-2)20-11-7-6-8-12-20/h6-14,16H,4-5,15H2,1-3H3. The Hall–Kier alpha value is -3.24. The van der Waals surface area contributed by atoms with E-state index in [1.165, 1.54) is 51.7 Å². The SMILES string of the molecule is CCN(C(C)=O)c1nc(COC(=O)c2cccc(S(=O)(=O)N(CC)c3ccccc3)c2)cs1. The number of rotatable bonds is 9. The summed E-state index contributed by atoms with van der Waals surface area (Å²) >= 11 is 1.29. The number of ether oxygens (including phenoxy) is 1. The molecule has 0 saturated heterocycles. The number of nitrogens with zero attached hydrogens (tertiary/aromatic N) is 3. The molecule has 0 bridgehead atoms. The molecule has 3 rings (SSSR count). The Morgan fingerprint density at radius 1 is 1.03 bits per heavy atom. The van der Waals surface area contributed by atoms with Gasteiger partial charge in [-0.05, 0) is 44.2 Å². The normalized spacial score (nSPS) is 11.1. The molecule has 0 aliphatic rings. The van der Waals surface area contributed by atoms with Gasteiger partial charge in [0.15, 0.2) is 5.13 Å². The van der Waals surface area contributed by atoms with Crippen LogP contribution in [-0.2, 0) is 26.2 Å². The molecule has 0 spiro atoms. The molecule has 0 fully saturated rings. The highest BCUT2D eigenvalue weighted by molar-refractivity contribution is 7.92. The number of esters is 1. The van der Waals surface area contributed by atoms with Crippen molar-refractivity contribution in [2.75, 3.05) is 22.3 Å². The third-order valence-electron chi connectivity index (χ3n) is 4.81. The first-order chi connectivity index (χ1) is 15.8. The minimum atomic E-state index is -3.87. The summed E-state index contributed by atoms with van der Waals surface area (Å²) in [5.74, 6) is -0.784. The Kier molecular flexibility index (Phi) is 7.83. The van der Waals surface area contributed by atoms with Gasteiger partial charge in [-0.15, -0.1) is 11.3 Å². The Labute approximate surface area is 197 Å². The highest BCUT2D eigenvalue weighted by Crippen LogP contribution is 2.25. The summed E-state index contributed by atoms with van der Waals surface area (Å²) in [4.78, 5) is 30.1. The van der Waals surface area contributed by atoms with Crippen LogP contribution in [0.25, 0.3) is 0 Å². The van der Waals surface area contributed by atoms with Gasteiger partial charge in [-0.25, -0.2) is 18.2 Å². The van der Waals surface area contributed by atoms with Crippen molar-refractivity contribution < 1.29 is 22.7 Å². The number of carbonyl (C=O) groups is 2. The maximum atomic E-state index is 13.2. The molecule has 33 heavy (non-hydrogen) atoms. The van der Waals surface area contributed by atoms with E-state index in [4.69, 9.17) is 4.74 Å². The molecule has 0 N–H and O–H groups in total. The van der Waals surface area contributed by atoms with Crippen molar-refractivity contribution in [2.24, 2.45) is 0 Å².